The van der Waals surface area contributed by atoms with E-state index in [1.54, 1.807) is 0 Å². The van der Waals surface area contributed by atoms with Crippen LogP contribution in [0.5, 0.6) is 0 Å². The number of carbonyl (C=O) groups excluding carboxylic acids is 1. The Morgan fingerprint density at radius 3 is 2.31 bits per heavy atom. The molecule has 0 aliphatic heterocycles. The van der Waals surface area contributed by atoms with Crippen molar-refractivity contribution in [2.75, 3.05) is 30.9 Å². The highest BCUT2D eigenvalue weighted by molar-refractivity contribution is 5.90. The van der Waals surface area contributed by atoms with E-state index in [0.29, 0.717) is 13.0 Å². The van der Waals surface area contributed by atoms with E-state index in [9.17, 15) is 18.0 Å². The zero-order chi connectivity index (χ0) is 19.2. The maximum atomic E-state index is 12.9. The van der Waals surface area contributed by atoms with Gasteiger partial charge in [0.25, 0.3) is 0 Å². The molecule has 2 N–H and O–H groups in total. The summed E-state index contributed by atoms with van der Waals surface area (Å²) in [6, 6.07) is 12.3. The minimum absolute atomic E-state index is 0.253. The number of anilines is 2. The third kappa shape index (κ3) is 5.68. The van der Waals surface area contributed by atoms with Crippen LogP contribution >= 0.6 is 0 Å². The third-order valence-electron chi connectivity index (χ3n) is 3.86. The Morgan fingerprint density at radius 2 is 1.69 bits per heavy atom. The number of alkyl halides is 3. The van der Waals surface area contributed by atoms with E-state index in [1.165, 1.54) is 18.2 Å². The molecule has 2 rings (SSSR count). The molecule has 0 bridgehead atoms. The van der Waals surface area contributed by atoms with Gasteiger partial charge in [0, 0.05) is 26.3 Å². The average Bonchev–Trinajstić information content (AvgIpc) is 2.58. The second kappa shape index (κ2) is 8.60. The molecule has 2 aromatic carbocycles. The van der Waals surface area contributed by atoms with E-state index in [-0.39, 0.29) is 5.69 Å². The molecule has 0 heterocycles. The number of nitrogens with zero attached hydrogens (tertiary/aromatic N) is 1. The monoisotopic (exact) mass is 365 g/mol. The zero-order valence-electron chi connectivity index (χ0n) is 14.7. The predicted octanol–water partition coefficient (Wildman–Crippen LogP) is 4.53. The molecule has 0 saturated heterocycles. The lowest BCUT2D eigenvalue weighted by Gasteiger charge is -2.14. The van der Waals surface area contributed by atoms with E-state index in [4.69, 9.17) is 0 Å². The van der Waals surface area contributed by atoms with Crippen LogP contribution < -0.4 is 15.5 Å². The van der Waals surface area contributed by atoms with Gasteiger partial charge in [0.05, 0.1) is 11.3 Å². The van der Waals surface area contributed by atoms with Gasteiger partial charge in [-0.25, -0.2) is 4.79 Å². The molecule has 0 spiro atoms. The number of benzene rings is 2. The van der Waals surface area contributed by atoms with Crippen LogP contribution in [0.2, 0.25) is 0 Å². The summed E-state index contributed by atoms with van der Waals surface area (Å²) in [5.41, 5.74) is 1.13. The fourth-order valence-electron chi connectivity index (χ4n) is 2.46. The van der Waals surface area contributed by atoms with Gasteiger partial charge in [-0.15, -0.1) is 0 Å². The molecular formula is C19H22F3N3O. The van der Waals surface area contributed by atoms with Crippen molar-refractivity contribution in [1.82, 2.24) is 5.32 Å². The van der Waals surface area contributed by atoms with Crippen molar-refractivity contribution < 1.29 is 18.0 Å². The summed E-state index contributed by atoms with van der Waals surface area (Å²) >= 11 is 0. The second-order valence-corrected chi connectivity index (χ2v) is 6.09. The lowest BCUT2D eigenvalue weighted by molar-refractivity contribution is -0.136. The first-order chi connectivity index (χ1) is 12.3. The Bertz CT molecular complexity index is 728. The minimum atomic E-state index is -4.51. The van der Waals surface area contributed by atoms with Crippen molar-refractivity contribution in [2.45, 2.75) is 19.0 Å². The molecular weight excluding hydrogens is 343 g/mol. The number of aryl methyl sites for hydroxylation is 1. The number of carbonyl (C=O) groups is 1. The van der Waals surface area contributed by atoms with Crippen LogP contribution in [0, 0.1) is 0 Å². The van der Waals surface area contributed by atoms with Gasteiger partial charge in [-0.05, 0) is 42.7 Å². The second-order valence-electron chi connectivity index (χ2n) is 6.09. The molecule has 0 atom stereocenters. The fraction of sp³-hybridized carbons (Fsp3) is 0.316. The molecule has 0 unspecified atom stereocenters. The summed E-state index contributed by atoms with van der Waals surface area (Å²) in [6.45, 7) is 0.370. The maximum absolute atomic E-state index is 12.9. The number of urea groups is 1. The van der Waals surface area contributed by atoms with Crippen LogP contribution in [0.1, 0.15) is 17.5 Å². The van der Waals surface area contributed by atoms with E-state index >= 15 is 0 Å². The summed E-state index contributed by atoms with van der Waals surface area (Å²) in [5.74, 6) is 0. The highest BCUT2D eigenvalue weighted by atomic mass is 19.4. The standard InChI is InChI=1S/C19H22F3N3O/c1-25(2)15-11-9-14(10-12-15)6-5-13-23-18(26)24-17-8-4-3-7-16(17)19(20,21)22/h3-4,7-12H,5-6,13H2,1-2H3,(H2,23,24,26). The summed E-state index contributed by atoms with van der Waals surface area (Å²) in [4.78, 5) is 13.8. The van der Waals surface area contributed by atoms with Crippen LogP contribution in [0.25, 0.3) is 0 Å². The summed E-state index contributed by atoms with van der Waals surface area (Å²) in [7, 11) is 3.93. The molecule has 4 nitrogen and oxygen atoms in total. The Morgan fingerprint density at radius 1 is 1.04 bits per heavy atom. The maximum Gasteiger partial charge on any atom is 0.418 e. The Balaban J connectivity index is 1.79. The van der Waals surface area contributed by atoms with Gasteiger partial charge in [-0.3, -0.25) is 0 Å². The lowest BCUT2D eigenvalue weighted by Crippen LogP contribution is -2.30. The van der Waals surface area contributed by atoms with Gasteiger partial charge in [0.15, 0.2) is 0 Å². The van der Waals surface area contributed by atoms with Crippen molar-refractivity contribution in [3.05, 3.63) is 59.7 Å². The van der Waals surface area contributed by atoms with E-state index in [0.717, 1.165) is 23.7 Å². The van der Waals surface area contributed by atoms with Crippen molar-refractivity contribution in [1.29, 1.82) is 0 Å². The largest absolute Gasteiger partial charge is 0.418 e. The summed E-state index contributed by atoms with van der Waals surface area (Å²) in [5, 5.41) is 4.84. The lowest BCUT2D eigenvalue weighted by atomic mass is 10.1. The van der Waals surface area contributed by atoms with Gasteiger partial charge in [-0.1, -0.05) is 24.3 Å². The predicted molar refractivity (Wildman–Crippen MR) is 97.6 cm³/mol. The smallest absolute Gasteiger partial charge is 0.378 e. The minimum Gasteiger partial charge on any atom is -0.378 e. The molecule has 0 aliphatic carbocycles. The molecule has 0 saturated carbocycles. The van der Waals surface area contributed by atoms with Gasteiger partial charge >= 0.3 is 12.2 Å². The Kier molecular flexibility index (Phi) is 6.49. The van der Waals surface area contributed by atoms with Gasteiger partial charge < -0.3 is 15.5 Å². The zero-order valence-corrected chi connectivity index (χ0v) is 14.7. The first kappa shape index (κ1) is 19.6. The number of hydrogen-bond acceptors (Lipinski definition) is 2. The molecule has 0 aromatic heterocycles. The van der Waals surface area contributed by atoms with Gasteiger partial charge in [0.2, 0.25) is 0 Å². The van der Waals surface area contributed by atoms with Crippen LogP contribution in [0.15, 0.2) is 48.5 Å². The topological polar surface area (TPSA) is 44.4 Å². The number of amides is 2. The molecule has 2 aromatic rings. The molecule has 26 heavy (non-hydrogen) atoms. The molecule has 0 radical (unpaired) electrons. The molecule has 140 valence electrons. The fourth-order valence-corrected chi connectivity index (χ4v) is 2.46. The van der Waals surface area contributed by atoms with Crippen LogP contribution in [-0.4, -0.2) is 26.7 Å². The number of halogens is 3. The first-order valence-electron chi connectivity index (χ1n) is 8.24. The molecule has 0 aliphatic rings. The number of hydrogen-bond donors (Lipinski definition) is 2. The van der Waals surface area contributed by atoms with Gasteiger partial charge in [-0.2, -0.15) is 13.2 Å². The summed E-state index contributed by atoms with van der Waals surface area (Å²) < 4.78 is 38.7. The van der Waals surface area contributed by atoms with Crippen LogP contribution in [0.3, 0.4) is 0 Å². The van der Waals surface area contributed by atoms with E-state index in [1.807, 2.05) is 43.3 Å². The normalized spacial score (nSPS) is 11.1. The van der Waals surface area contributed by atoms with Crippen molar-refractivity contribution in [2.24, 2.45) is 0 Å². The molecule has 7 heteroatoms. The van der Waals surface area contributed by atoms with Gasteiger partial charge in [0.1, 0.15) is 0 Å². The van der Waals surface area contributed by atoms with Crippen LogP contribution in [-0.2, 0) is 12.6 Å². The van der Waals surface area contributed by atoms with E-state index in [2.05, 4.69) is 10.6 Å². The van der Waals surface area contributed by atoms with Crippen molar-refractivity contribution in [3.8, 4) is 0 Å². The van der Waals surface area contributed by atoms with Crippen molar-refractivity contribution >= 4 is 17.4 Å². The third-order valence-corrected chi connectivity index (χ3v) is 3.86. The number of nitrogens with one attached hydrogen (secondary N) is 2. The molecule has 0 fully saturated rings. The summed E-state index contributed by atoms with van der Waals surface area (Å²) in [6.07, 6.45) is -3.05. The highest BCUT2D eigenvalue weighted by Crippen LogP contribution is 2.34. The Hall–Kier alpha value is -2.70. The van der Waals surface area contributed by atoms with E-state index < -0.39 is 17.8 Å². The SMILES string of the molecule is CN(C)c1ccc(CCCNC(=O)Nc2ccccc2C(F)(F)F)cc1. The quantitative estimate of drug-likeness (QED) is 0.739. The number of rotatable bonds is 6. The average molecular weight is 365 g/mol. The Labute approximate surface area is 151 Å². The number of para-hydroxylation sites is 1. The first-order valence-corrected chi connectivity index (χ1v) is 8.24. The van der Waals surface area contributed by atoms with Crippen molar-refractivity contribution in [3.63, 3.8) is 0 Å². The highest BCUT2D eigenvalue weighted by Gasteiger charge is 2.33. The van der Waals surface area contributed by atoms with Crippen LogP contribution in [0.4, 0.5) is 29.3 Å². The molecule has 2 amide bonds.